The number of ether oxygens (including phenoxy) is 2. The normalized spacial score (nSPS) is 17.5. The number of hydrogen-bond donors (Lipinski definition) is 1. The molecule has 7 nitrogen and oxygen atoms in total. The minimum Gasteiger partial charge on any atom is -0.488 e. The van der Waals surface area contributed by atoms with Crippen molar-refractivity contribution in [3.8, 4) is 0 Å². The number of hydrogen-bond acceptors (Lipinski definition) is 8. The van der Waals surface area contributed by atoms with Crippen LogP contribution in [0.2, 0.25) is 5.28 Å². The topological polar surface area (TPSA) is 81.5 Å². The van der Waals surface area contributed by atoms with Crippen molar-refractivity contribution in [2.75, 3.05) is 11.9 Å². The molecule has 4 rings (SSSR count). The van der Waals surface area contributed by atoms with E-state index < -0.39 is 0 Å². The predicted octanol–water partition coefficient (Wildman–Crippen LogP) is 4.78. The molecule has 9 heteroatoms. The van der Waals surface area contributed by atoms with Gasteiger partial charge in [-0.05, 0) is 35.9 Å². The van der Waals surface area contributed by atoms with Crippen LogP contribution in [0, 0.1) is 0 Å². The van der Waals surface area contributed by atoms with Crippen LogP contribution in [0.4, 0.5) is 11.9 Å². The smallest absolute Gasteiger partial charge is 0.258 e. The predicted molar refractivity (Wildman–Crippen MR) is 110 cm³/mol. The van der Waals surface area contributed by atoms with Crippen LogP contribution < -0.4 is 5.32 Å². The van der Waals surface area contributed by atoms with Gasteiger partial charge in [-0.25, -0.2) is 0 Å². The van der Waals surface area contributed by atoms with Crippen molar-refractivity contribution < 1.29 is 9.47 Å². The van der Waals surface area contributed by atoms with Crippen LogP contribution in [0.25, 0.3) is 0 Å². The van der Waals surface area contributed by atoms with E-state index in [4.69, 9.17) is 21.1 Å². The van der Waals surface area contributed by atoms with E-state index in [1.165, 1.54) is 5.57 Å². The molecule has 0 amide bonds. The summed E-state index contributed by atoms with van der Waals surface area (Å²) < 4.78 is 11.3. The molecule has 0 spiro atoms. The molecule has 1 aliphatic carbocycles. The van der Waals surface area contributed by atoms with Gasteiger partial charge in [-0.3, -0.25) is 0 Å². The monoisotopic (exact) mass is 415 g/mol. The number of nitrogens with zero attached hydrogens (tertiary/aromatic N) is 4. The lowest BCUT2D eigenvalue weighted by atomic mass is 10.0. The number of allylic oxidation sites excluding steroid dienone is 4. The summed E-state index contributed by atoms with van der Waals surface area (Å²) in [6, 6.07) is 4.02. The van der Waals surface area contributed by atoms with Gasteiger partial charge in [-0.2, -0.15) is 19.9 Å². The average molecular weight is 416 g/mol. The van der Waals surface area contributed by atoms with E-state index in [2.05, 4.69) is 43.5 Å². The maximum absolute atomic E-state index is 6.02. The Balaban J connectivity index is 1.43. The lowest BCUT2D eigenvalue weighted by Crippen LogP contribution is -2.17. The van der Waals surface area contributed by atoms with Crippen molar-refractivity contribution in [1.29, 1.82) is 0 Å². The fourth-order valence-electron chi connectivity index (χ4n) is 2.73. The summed E-state index contributed by atoms with van der Waals surface area (Å²) in [5, 5.41) is 5.20. The second-order valence-electron chi connectivity index (χ2n) is 6.13. The first-order valence-electron chi connectivity index (χ1n) is 8.83. The maximum Gasteiger partial charge on any atom is 0.258 e. The zero-order chi connectivity index (χ0) is 19.2. The summed E-state index contributed by atoms with van der Waals surface area (Å²) in [5.74, 6) is 1.63. The summed E-state index contributed by atoms with van der Waals surface area (Å²) >= 11 is 7.67. The Morgan fingerprint density at radius 1 is 1.29 bits per heavy atom. The lowest BCUT2D eigenvalue weighted by Gasteiger charge is -2.18. The van der Waals surface area contributed by atoms with Crippen molar-refractivity contribution in [3.63, 3.8) is 0 Å². The molecule has 28 heavy (non-hydrogen) atoms. The molecule has 2 aromatic heterocycles. The van der Waals surface area contributed by atoms with Crippen molar-refractivity contribution in [2.45, 2.75) is 25.8 Å². The molecule has 0 bridgehead atoms. The molecular formula is C19H18ClN5O2S. The van der Waals surface area contributed by atoms with Crippen LogP contribution in [-0.4, -0.2) is 27.5 Å². The van der Waals surface area contributed by atoms with Crippen LogP contribution in [0.5, 0.6) is 0 Å². The summed E-state index contributed by atoms with van der Waals surface area (Å²) in [6.07, 6.45) is 10.7. The fourth-order valence-corrected chi connectivity index (χ4v) is 3.53. The number of nitrogens with one attached hydrogen (secondary N) is 1. The number of thiophene rings is 1. The zero-order valence-corrected chi connectivity index (χ0v) is 16.5. The molecule has 0 unspecified atom stereocenters. The van der Waals surface area contributed by atoms with Crippen LogP contribution in [0.1, 0.15) is 24.1 Å². The molecule has 0 saturated carbocycles. The second-order valence-corrected chi connectivity index (χ2v) is 7.50. The third kappa shape index (κ3) is 5.17. The van der Waals surface area contributed by atoms with Crippen molar-refractivity contribution in [2.24, 2.45) is 4.99 Å². The molecule has 2 aromatic rings. The van der Waals surface area contributed by atoms with E-state index >= 15 is 0 Å². The summed E-state index contributed by atoms with van der Waals surface area (Å²) in [5.41, 5.74) is 1.29. The van der Waals surface area contributed by atoms with Gasteiger partial charge >= 0.3 is 0 Å². The molecule has 0 saturated heterocycles. The van der Waals surface area contributed by atoms with Crippen molar-refractivity contribution in [1.82, 2.24) is 15.0 Å². The quantitative estimate of drug-likeness (QED) is 0.730. The molecule has 1 aliphatic heterocycles. The third-order valence-electron chi connectivity index (χ3n) is 3.99. The highest BCUT2D eigenvalue weighted by Gasteiger charge is 2.16. The van der Waals surface area contributed by atoms with Gasteiger partial charge in [-0.1, -0.05) is 29.9 Å². The molecule has 1 N–H and O–H groups in total. The van der Waals surface area contributed by atoms with Gasteiger partial charge in [0, 0.05) is 11.3 Å². The molecule has 0 radical (unpaired) electrons. The first-order valence-corrected chi connectivity index (χ1v) is 10.1. The number of halogens is 1. The summed E-state index contributed by atoms with van der Waals surface area (Å²) in [7, 11) is 0. The van der Waals surface area contributed by atoms with Gasteiger partial charge in [0.15, 0.2) is 6.61 Å². The number of rotatable bonds is 6. The Morgan fingerprint density at radius 2 is 2.25 bits per heavy atom. The number of aliphatic imine (C=N–C) groups is 1. The number of aromatic nitrogens is 3. The molecular weight excluding hydrogens is 398 g/mol. The van der Waals surface area contributed by atoms with E-state index in [-0.39, 0.29) is 17.8 Å². The first-order chi connectivity index (χ1) is 13.7. The Hall–Kier alpha value is -2.71. The lowest BCUT2D eigenvalue weighted by molar-refractivity contribution is 0.211. The zero-order valence-electron chi connectivity index (χ0n) is 15.0. The Bertz CT molecular complexity index is 953. The van der Waals surface area contributed by atoms with Gasteiger partial charge in [-0.15, -0.1) is 11.3 Å². The minimum atomic E-state index is 0.0645. The van der Waals surface area contributed by atoms with E-state index in [1.54, 1.807) is 17.6 Å². The molecule has 0 fully saturated rings. The van der Waals surface area contributed by atoms with Crippen LogP contribution in [0.15, 0.2) is 58.3 Å². The van der Waals surface area contributed by atoms with E-state index in [9.17, 15) is 0 Å². The SMILES string of the molecule is Clc1nc(N=C2COC=C(CC3=CC=CCC3)O2)nc(NCc2cccs2)n1. The van der Waals surface area contributed by atoms with Crippen molar-refractivity contribution >= 4 is 40.7 Å². The highest BCUT2D eigenvalue weighted by molar-refractivity contribution is 7.09. The van der Waals surface area contributed by atoms with Gasteiger partial charge < -0.3 is 14.8 Å². The van der Waals surface area contributed by atoms with E-state index in [1.807, 2.05) is 17.5 Å². The maximum atomic E-state index is 6.02. The molecule has 0 atom stereocenters. The first kappa shape index (κ1) is 18.6. The highest BCUT2D eigenvalue weighted by Crippen LogP contribution is 2.23. The Labute approximate surface area is 171 Å². The molecule has 2 aliphatic rings. The molecule has 0 aromatic carbocycles. The third-order valence-corrected chi connectivity index (χ3v) is 5.04. The van der Waals surface area contributed by atoms with E-state index in [0.717, 1.165) is 17.7 Å². The van der Waals surface area contributed by atoms with Gasteiger partial charge in [0.25, 0.3) is 5.95 Å². The largest absolute Gasteiger partial charge is 0.488 e. The average Bonchev–Trinajstić information content (AvgIpc) is 3.21. The standard InChI is InChI=1S/C19H18ClN5O2S/c20-17-23-18(21-10-15-7-4-8-28-15)25-19(24-17)22-16-12-26-11-14(27-16)9-13-5-2-1-3-6-13/h1-2,4-5,7-8,11H,3,6,9-10,12H2,(H,21,23,24,25). The van der Waals surface area contributed by atoms with Gasteiger partial charge in [0.2, 0.25) is 17.1 Å². The van der Waals surface area contributed by atoms with Crippen molar-refractivity contribution in [3.05, 3.63) is 63.5 Å². The minimum absolute atomic E-state index is 0.0645. The molecule has 3 heterocycles. The van der Waals surface area contributed by atoms with E-state index in [0.29, 0.717) is 30.6 Å². The Morgan fingerprint density at radius 3 is 3.07 bits per heavy atom. The number of anilines is 1. The van der Waals surface area contributed by atoms with Gasteiger partial charge in [0.1, 0.15) is 12.0 Å². The summed E-state index contributed by atoms with van der Waals surface area (Å²) in [4.78, 5) is 17.9. The Kier molecular flexibility index (Phi) is 5.98. The van der Waals surface area contributed by atoms with Crippen LogP contribution in [-0.2, 0) is 16.0 Å². The van der Waals surface area contributed by atoms with Gasteiger partial charge in [0.05, 0.1) is 6.54 Å². The molecule has 144 valence electrons. The highest BCUT2D eigenvalue weighted by atomic mass is 35.5. The van der Waals surface area contributed by atoms with Crippen LogP contribution in [0.3, 0.4) is 0 Å². The fraction of sp³-hybridized carbons (Fsp3) is 0.263. The summed E-state index contributed by atoms with van der Waals surface area (Å²) in [6.45, 7) is 0.813. The second kappa shape index (κ2) is 8.99. The van der Waals surface area contributed by atoms with Crippen LogP contribution >= 0.6 is 22.9 Å².